The molecular formula is C23H17IN2O3. The van der Waals surface area contributed by atoms with Crippen LogP contribution < -0.4 is 9.96 Å². The number of carbonyl (C=O) groups excluding carboxylic acids is 2. The molecule has 3 aromatic carbocycles. The summed E-state index contributed by atoms with van der Waals surface area (Å²) in [5.41, 5.74) is 2.37. The van der Waals surface area contributed by atoms with E-state index < -0.39 is 12.0 Å². The number of nitrogens with zero attached hydrogens (tertiary/aromatic N) is 2. The first-order valence-electron chi connectivity index (χ1n) is 9.35. The second-order valence-corrected chi connectivity index (χ2v) is 8.19. The van der Waals surface area contributed by atoms with Crippen LogP contribution in [0, 0.1) is 9.49 Å². The van der Waals surface area contributed by atoms with E-state index in [-0.39, 0.29) is 17.9 Å². The summed E-state index contributed by atoms with van der Waals surface area (Å²) in [6.45, 7) is 0. The molecule has 2 aliphatic heterocycles. The van der Waals surface area contributed by atoms with Gasteiger partial charge in [0.2, 0.25) is 5.91 Å². The van der Waals surface area contributed by atoms with Gasteiger partial charge >= 0.3 is 0 Å². The lowest BCUT2D eigenvalue weighted by atomic mass is 9.90. The number of anilines is 2. The maximum Gasteiger partial charge on any atom is 0.266 e. The Morgan fingerprint density at radius 2 is 1.38 bits per heavy atom. The van der Waals surface area contributed by atoms with Crippen LogP contribution in [0.25, 0.3) is 0 Å². The van der Waals surface area contributed by atoms with Crippen molar-refractivity contribution in [2.45, 2.75) is 12.1 Å². The van der Waals surface area contributed by atoms with Crippen LogP contribution in [0.3, 0.4) is 0 Å². The van der Waals surface area contributed by atoms with Crippen LogP contribution in [0.15, 0.2) is 84.9 Å². The number of halogens is 1. The van der Waals surface area contributed by atoms with Crippen molar-refractivity contribution >= 4 is 45.8 Å². The molecule has 0 bridgehead atoms. The molecule has 3 atom stereocenters. The van der Waals surface area contributed by atoms with E-state index in [2.05, 4.69) is 22.6 Å². The predicted octanol–water partition coefficient (Wildman–Crippen LogP) is 4.34. The number of imide groups is 1. The van der Waals surface area contributed by atoms with Crippen LogP contribution in [0.4, 0.5) is 11.4 Å². The van der Waals surface area contributed by atoms with Gasteiger partial charge in [0.25, 0.3) is 5.91 Å². The molecule has 3 aromatic rings. The molecule has 144 valence electrons. The molecule has 2 aliphatic rings. The minimum absolute atomic E-state index is 0.226. The SMILES string of the molecule is O=C1[C@@H]2[C@H](ON(c3ccccc3)[C@H]2c2ccccc2)C(=O)N1c1ccccc1I. The third-order valence-corrected chi connectivity index (χ3v) is 6.27. The van der Waals surface area contributed by atoms with E-state index in [1.54, 1.807) is 11.1 Å². The average Bonchev–Trinajstić information content (AvgIpc) is 3.26. The van der Waals surface area contributed by atoms with E-state index in [1.165, 1.54) is 4.90 Å². The van der Waals surface area contributed by atoms with Gasteiger partial charge in [-0.3, -0.25) is 14.4 Å². The van der Waals surface area contributed by atoms with Gasteiger partial charge in [0.15, 0.2) is 6.10 Å². The molecule has 2 amide bonds. The Bertz CT molecular complexity index is 1070. The maximum absolute atomic E-state index is 13.5. The second-order valence-electron chi connectivity index (χ2n) is 7.03. The van der Waals surface area contributed by atoms with Gasteiger partial charge in [-0.05, 0) is 52.4 Å². The number of amides is 2. The molecule has 5 rings (SSSR count). The standard InChI is InChI=1S/C23H17IN2O3/c24-17-13-7-8-14-18(17)25-22(27)19-20(15-9-3-1-4-10-15)26(29-21(19)23(25)28)16-11-5-2-6-12-16/h1-14,19-21H/t19-,20-,21-/m0/s1. The highest BCUT2D eigenvalue weighted by Crippen LogP contribution is 2.47. The van der Waals surface area contributed by atoms with Gasteiger partial charge in [0.05, 0.1) is 17.4 Å². The van der Waals surface area contributed by atoms with Crippen molar-refractivity contribution in [3.05, 3.63) is 94.1 Å². The number of hydrogen-bond acceptors (Lipinski definition) is 4. The molecule has 0 radical (unpaired) electrons. The van der Waals surface area contributed by atoms with Crippen LogP contribution >= 0.6 is 22.6 Å². The zero-order chi connectivity index (χ0) is 20.0. The third kappa shape index (κ3) is 2.94. The normalized spacial score (nSPS) is 23.6. The lowest BCUT2D eigenvalue weighted by Crippen LogP contribution is -2.37. The fraction of sp³-hybridized carbons (Fsp3) is 0.130. The number of para-hydroxylation sites is 2. The zero-order valence-electron chi connectivity index (χ0n) is 15.3. The maximum atomic E-state index is 13.5. The van der Waals surface area contributed by atoms with Crippen molar-refractivity contribution in [1.29, 1.82) is 0 Å². The summed E-state index contributed by atoms with van der Waals surface area (Å²) in [6, 6.07) is 26.4. The molecule has 5 nitrogen and oxygen atoms in total. The largest absolute Gasteiger partial charge is 0.273 e. The number of rotatable bonds is 3. The van der Waals surface area contributed by atoms with Gasteiger partial charge in [0.1, 0.15) is 5.92 Å². The molecule has 6 heteroatoms. The quantitative estimate of drug-likeness (QED) is 0.400. The number of benzene rings is 3. The summed E-state index contributed by atoms with van der Waals surface area (Å²) in [6.07, 6.45) is -0.844. The highest BCUT2D eigenvalue weighted by atomic mass is 127. The van der Waals surface area contributed by atoms with E-state index in [9.17, 15) is 9.59 Å². The number of carbonyl (C=O) groups is 2. The van der Waals surface area contributed by atoms with Gasteiger partial charge in [-0.2, -0.15) is 0 Å². The minimum Gasteiger partial charge on any atom is -0.273 e. The van der Waals surface area contributed by atoms with Crippen LogP contribution in [0.2, 0.25) is 0 Å². The smallest absolute Gasteiger partial charge is 0.266 e. The molecule has 0 unspecified atom stereocenters. The Labute approximate surface area is 182 Å². The summed E-state index contributed by atoms with van der Waals surface area (Å²) < 4.78 is 0.850. The van der Waals surface area contributed by atoms with Crippen molar-refractivity contribution in [1.82, 2.24) is 0 Å². The highest BCUT2D eigenvalue weighted by Gasteiger charge is 2.60. The van der Waals surface area contributed by atoms with Crippen molar-refractivity contribution < 1.29 is 14.4 Å². The topological polar surface area (TPSA) is 49.9 Å². The van der Waals surface area contributed by atoms with Crippen molar-refractivity contribution in [2.75, 3.05) is 9.96 Å². The van der Waals surface area contributed by atoms with Crippen LogP contribution in [-0.4, -0.2) is 17.9 Å². The molecule has 0 aliphatic carbocycles. The first-order valence-corrected chi connectivity index (χ1v) is 10.4. The van der Waals surface area contributed by atoms with E-state index in [4.69, 9.17) is 4.84 Å². The minimum atomic E-state index is -0.844. The van der Waals surface area contributed by atoms with E-state index in [0.29, 0.717) is 5.69 Å². The molecule has 2 fully saturated rings. The van der Waals surface area contributed by atoms with E-state index in [1.807, 2.05) is 78.9 Å². The molecule has 2 heterocycles. The highest BCUT2D eigenvalue weighted by molar-refractivity contribution is 14.1. The van der Waals surface area contributed by atoms with Crippen LogP contribution in [0.1, 0.15) is 11.6 Å². The Kier molecular flexibility index (Phi) is 4.60. The van der Waals surface area contributed by atoms with Crippen molar-refractivity contribution in [2.24, 2.45) is 5.92 Å². The summed E-state index contributed by atoms with van der Waals surface area (Å²) in [4.78, 5) is 34.2. The molecule has 29 heavy (non-hydrogen) atoms. The summed E-state index contributed by atoms with van der Waals surface area (Å²) in [5, 5.41) is 1.72. The molecule has 2 saturated heterocycles. The van der Waals surface area contributed by atoms with E-state index in [0.717, 1.165) is 14.8 Å². The van der Waals surface area contributed by atoms with Crippen molar-refractivity contribution in [3.63, 3.8) is 0 Å². The second kappa shape index (κ2) is 7.27. The predicted molar refractivity (Wildman–Crippen MR) is 118 cm³/mol. The lowest BCUT2D eigenvalue weighted by molar-refractivity contribution is -0.126. The summed E-state index contributed by atoms with van der Waals surface area (Å²) in [5.74, 6) is -1.15. The fourth-order valence-corrected chi connectivity index (χ4v) is 4.70. The molecule has 0 spiro atoms. The Morgan fingerprint density at radius 3 is 2.07 bits per heavy atom. The van der Waals surface area contributed by atoms with Gasteiger partial charge in [-0.15, -0.1) is 0 Å². The first kappa shape index (κ1) is 18.3. The monoisotopic (exact) mass is 496 g/mol. The third-order valence-electron chi connectivity index (χ3n) is 5.36. The summed E-state index contributed by atoms with van der Waals surface area (Å²) >= 11 is 2.15. The number of fused-ring (bicyclic) bond motifs is 1. The van der Waals surface area contributed by atoms with Gasteiger partial charge in [0, 0.05) is 3.57 Å². The lowest BCUT2D eigenvalue weighted by Gasteiger charge is -2.28. The Hall–Kier alpha value is -2.71. The molecular weight excluding hydrogens is 479 g/mol. The molecule has 0 saturated carbocycles. The zero-order valence-corrected chi connectivity index (χ0v) is 17.5. The van der Waals surface area contributed by atoms with Gasteiger partial charge in [-0.25, -0.2) is 9.96 Å². The average molecular weight is 496 g/mol. The van der Waals surface area contributed by atoms with E-state index >= 15 is 0 Å². The van der Waals surface area contributed by atoms with Crippen LogP contribution in [-0.2, 0) is 14.4 Å². The Morgan fingerprint density at radius 1 is 0.759 bits per heavy atom. The van der Waals surface area contributed by atoms with Gasteiger partial charge in [-0.1, -0.05) is 60.7 Å². The van der Waals surface area contributed by atoms with Gasteiger partial charge < -0.3 is 0 Å². The number of hydrogen-bond donors (Lipinski definition) is 0. The first-order chi connectivity index (χ1) is 14.2. The van der Waals surface area contributed by atoms with Crippen LogP contribution in [0.5, 0.6) is 0 Å². The fourth-order valence-electron chi connectivity index (χ4n) is 4.07. The molecule has 0 N–H and O–H groups in total. The number of hydroxylamine groups is 1. The summed E-state index contributed by atoms with van der Waals surface area (Å²) in [7, 11) is 0. The van der Waals surface area contributed by atoms with Crippen molar-refractivity contribution in [3.8, 4) is 0 Å². The Balaban J connectivity index is 1.60. The molecule has 0 aromatic heterocycles.